The first-order chi connectivity index (χ1) is 8.47. The van der Waals surface area contributed by atoms with Crippen LogP contribution in [0.5, 0.6) is 0 Å². The molecule has 0 aromatic heterocycles. The number of amidine groups is 1. The van der Waals surface area contributed by atoms with Crippen molar-refractivity contribution < 1.29 is 18.8 Å². The molecule has 0 heterocycles. The Kier molecular flexibility index (Phi) is 4.59. The second kappa shape index (κ2) is 5.95. The number of hydrogen-bond acceptors (Lipinski definition) is 3. The third kappa shape index (κ3) is 3.16. The molecule has 18 heavy (non-hydrogen) atoms. The third-order valence-electron chi connectivity index (χ3n) is 2.38. The van der Waals surface area contributed by atoms with Crippen LogP contribution in [0.3, 0.4) is 0 Å². The van der Waals surface area contributed by atoms with Crippen LogP contribution in [0.15, 0.2) is 23.4 Å². The summed E-state index contributed by atoms with van der Waals surface area (Å²) in [4.78, 5) is 11.6. The summed E-state index contributed by atoms with van der Waals surface area (Å²) < 4.78 is 26.5. The molecule has 98 valence electrons. The number of oxime groups is 1. The number of benzene rings is 1. The van der Waals surface area contributed by atoms with E-state index in [1.807, 2.05) is 0 Å². The summed E-state index contributed by atoms with van der Waals surface area (Å²) >= 11 is 0. The van der Waals surface area contributed by atoms with Gasteiger partial charge in [-0.1, -0.05) is 18.1 Å². The molecule has 1 aromatic carbocycles. The molecule has 0 aliphatic rings. The molecule has 0 radical (unpaired) electrons. The minimum atomic E-state index is -0.941. The first kappa shape index (κ1) is 13.9. The van der Waals surface area contributed by atoms with Crippen molar-refractivity contribution >= 4 is 11.7 Å². The Labute approximate surface area is 102 Å². The van der Waals surface area contributed by atoms with Crippen molar-refractivity contribution in [3.8, 4) is 0 Å². The van der Waals surface area contributed by atoms with Crippen molar-refractivity contribution in [2.45, 2.75) is 6.92 Å². The minimum absolute atomic E-state index is 0.00248. The smallest absolute Gasteiger partial charge is 0.257 e. The predicted octanol–water partition coefficient (Wildman–Crippen LogP) is 1.08. The van der Waals surface area contributed by atoms with Crippen LogP contribution in [0.1, 0.15) is 17.3 Å². The molecule has 0 aliphatic carbocycles. The molecule has 7 heteroatoms. The Morgan fingerprint density at radius 3 is 2.56 bits per heavy atom. The van der Waals surface area contributed by atoms with Gasteiger partial charge >= 0.3 is 0 Å². The molecule has 1 unspecified atom stereocenters. The number of nitrogens with two attached hydrogens (primary N) is 1. The molecule has 0 aliphatic heterocycles. The molecule has 0 fully saturated rings. The maximum absolute atomic E-state index is 13.3. The molecule has 0 saturated carbocycles. The van der Waals surface area contributed by atoms with Crippen molar-refractivity contribution in [2.75, 3.05) is 6.54 Å². The summed E-state index contributed by atoms with van der Waals surface area (Å²) in [7, 11) is 0. The van der Waals surface area contributed by atoms with Crippen molar-refractivity contribution in [1.29, 1.82) is 0 Å². The molecular formula is C11H13F2N3O2. The van der Waals surface area contributed by atoms with E-state index in [-0.39, 0.29) is 12.4 Å². The maximum atomic E-state index is 13.3. The number of amides is 1. The van der Waals surface area contributed by atoms with Gasteiger partial charge in [0.2, 0.25) is 0 Å². The van der Waals surface area contributed by atoms with Crippen molar-refractivity contribution in [3.63, 3.8) is 0 Å². The molecule has 0 bridgehead atoms. The number of hydrogen-bond donors (Lipinski definition) is 3. The Morgan fingerprint density at radius 1 is 1.50 bits per heavy atom. The second-order valence-electron chi connectivity index (χ2n) is 3.73. The number of carbonyl (C=O) groups is 1. The van der Waals surface area contributed by atoms with Gasteiger partial charge in [0.1, 0.15) is 23.0 Å². The van der Waals surface area contributed by atoms with Gasteiger partial charge < -0.3 is 16.3 Å². The number of nitrogens with one attached hydrogen (secondary N) is 1. The Bertz CT molecular complexity index is 457. The SMILES string of the molecule is CC(CNC(=O)c1c(F)cccc1F)C(N)=NO. The summed E-state index contributed by atoms with van der Waals surface area (Å²) in [6, 6.07) is 3.15. The van der Waals surface area contributed by atoms with Crippen molar-refractivity contribution in [1.82, 2.24) is 5.32 Å². The zero-order valence-electron chi connectivity index (χ0n) is 9.65. The molecule has 5 nitrogen and oxygen atoms in total. The fraction of sp³-hybridized carbons (Fsp3) is 0.273. The fourth-order valence-corrected chi connectivity index (χ4v) is 1.25. The molecule has 4 N–H and O–H groups in total. The van der Waals surface area contributed by atoms with Gasteiger partial charge in [-0.3, -0.25) is 4.79 Å². The highest BCUT2D eigenvalue weighted by atomic mass is 19.1. The third-order valence-corrected chi connectivity index (χ3v) is 2.38. The number of rotatable bonds is 4. The summed E-state index contributed by atoms with van der Waals surface area (Å²) in [5.74, 6) is -3.30. The van der Waals surface area contributed by atoms with Gasteiger partial charge in [0.25, 0.3) is 5.91 Å². The lowest BCUT2D eigenvalue weighted by atomic mass is 10.1. The van der Waals surface area contributed by atoms with Crippen LogP contribution in [0, 0.1) is 17.6 Å². The van der Waals surface area contributed by atoms with Crippen LogP contribution in [-0.4, -0.2) is 23.5 Å². The van der Waals surface area contributed by atoms with E-state index in [9.17, 15) is 13.6 Å². The van der Waals surface area contributed by atoms with Gasteiger partial charge in [0.15, 0.2) is 0 Å². The first-order valence-electron chi connectivity index (χ1n) is 5.17. The van der Waals surface area contributed by atoms with Crippen LogP contribution >= 0.6 is 0 Å². The van der Waals surface area contributed by atoms with Crippen molar-refractivity contribution in [2.24, 2.45) is 16.8 Å². The maximum Gasteiger partial charge on any atom is 0.257 e. The molecule has 0 saturated heterocycles. The normalized spacial score (nSPS) is 13.2. The zero-order chi connectivity index (χ0) is 13.7. The Morgan fingerprint density at radius 2 is 2.06 bits per heavy atom. The topological polar surface area (TPSA) is 87.7 Å². The summed E-state index contributed by atoms with van der Waals surface area (Å²) in [5, 5.41) is 13.5. The quantitative estimate of drug-likeness (QED) is 0.326. The summed E-state index contributed by atoms with van der Waals surface area (Å²) in [5.41, 5.74) is 4.65. The number of carbonyl (C=O) groups excluding carboxylic acids is 1. The molecule has 1 atom stereocenters. The second-order valence-corrected chi connectivity index (χ2v) is 3.73. The van der Waals surface area contributed by atoms with Crippen LogP contribution in [0.25, 0.3) is 0 Å². The zero-order valence-corrected chi connectivity index (χ0v) is 9.65. The molecular weight excluding hydrogens is 244 g/mol. The number of nitrogens with zero attached hydrogens (tertiary/aromatic N) is 1. The van der Waals surface area contributed by atoms with E-state index in [0.717, 1.165) is 12.1 Å². The number of halogens is 2. The van der Waals surface area contributed by atoms with Crippen LogP contribution in [-0.2, 0) is 0 Å². The van der Waals surface area contributed by atoms with E-state index in [1.54, 1.807) is 6.92 Å². The highest BCUT2D eigenvalue weighted by Crippen LogP contribution is 2.11. The molecule has 1 amide bonds. The van der Waals surface area contributed by atoms with Gasteiger partial charge in [-0.25, -0.2) is 8.78 Å². The lowest BCUT2D eigenvalue weighted by molar-refractivity contribution is 0.0942. The summed E-state index contributed by atoms with van der Waals surface area (Å²) in [6.07, 6.45) is 0. The fourth-order valence-electron chi connectivity index (χ4n) is 1.25. The lowest BCUT2D eigenvalue weighted by Crippen LogP contribution is -2.35. The monoisotopic (exact) mass is 257 g/mol. The van der Waals surface area contributed by atoms with E-state index >= 15 is 0 Å². The van der Waals surface area contributed by atoms with Gasteiger partial charge in [-0.05, 0) is 12.1 Å². The van der Waals surface area contributed by atoms with E-state index < -0.39 is 29.0 Å². The van der Waals surface area contributed by atoms with Crippen LogP contribution in [0.2, 0.25) is 0 Å². The van der Waals surface area contributed by atoms with Gasteiger partial charge in [0.05, 0.1) is 0 Å². The highest BCUT2D eigenvalue weighted by molar-refractivity contribution is 5.95. The molecule has 1 aromatic rings. The summed E-state index contributed by atoms with van der Waals surface area (Å²) in [6.45, 7) is 1.59. The molecule has 1 rings (SSSR count). The van der Waals surface area contributed by atoms with E-state index in [2.05, 4.69) is 10.5 Å². The largest absolute Gasteiger partial charge is 0.409 e. The predicted molar refractivity (Wildman–Crippen MR) is 61.3 cm³/mol. The van der Waals surface area contributed by atoms with E-state index in [0.29, 0.717) is 0 Å². The Balaban J connectivity index is 2.72. The van der Waals surface area contributed by atoms with Gasteiger partial charge in [-0.2, -0.15) is 0 Å². The minimum Gasteiger partial charge on any atom is -0.409 e. The lowest BCUT2D eigenvalue weighted by Gasteiger charge is -2.11. The first-order valence-corrected chi connectivity index (χ1v) is 5.17. The molecule has 0 spiro atoms. The Hall–Kier alpha value is -2.18. The standard InChI is InChI=1S/C11H13F2N3O2/c1-6(10(14)16-18)5-15-11(17)9-7(12)3-2-4-8(9)13/h2-4,6,18H,5H2,1H3,(H2,14,16)(H,15,17). The van der Waals surface area contributed by atoms with E-state index in [4.69, 9.17) is 10.9 Å². The van der Waals surface area contributed by atoms with E-state index in [1.165, 1.54) is 6.07 Å². The van der Waals surface area contributed by atoms with Crippen LogP contribution in [0.4, 0.5) is 8.78 Å². The average molecular weight is 257 g/mol. The van der Waals surface area contributed by atoms with Crippen LogP contribution < -0.4 is 11.1 Å². The van der Waals surface area contributed by atoms with Crippen molar-refractivity contribution in [3.05, 3.63) is 35.4 Å². The average Bonchev–Trinajstić information content (AvgIpc) is 2.34. The van der Waals surface area contributed by atoms with Gasteiger partial charge in [0, 0.05) is 12.5 Å². The highest BCUT2D eigenvalue weighted by Gasteiger charge is 2.18. The van der Waals surface area contributed by atoms with Gasteiger partial charge in [-0.15, -0.1) is 0 Å².